The zero-order valence-electron chi connectivity index (χ0n) is 13.8. The lowest BCUT2D eigenvalue weighted by atomic mass is 9.91. The van der Waals surface area contributed by atoms with Crippen molar-refractivity contribution in [1.82, 2.24) is 0 Å². The molecular formula is C17H24N2O2. The van der Waals surface area contributed by atoms with E-state index in [1.165, 1.54) is 0 Å². The molecule has 0 saturated heterocycles. The van der Waals surface area contributed by atoms with Gasteiger partial charge in [0, 0.05) is 35.8 Å². The Hall–Kier alpha value is -1.84. The third-order valence-corrected chi connectivity index (χ3v) is 4.17. The van der Waals surface area contributed by atoms with Crippen LogP contribution in [0.3, 0.4) is 0 Å². The highest BCUT2D eigenvalue weighted by Crippen LogP contribution is 2.37. The minimum atomic E-state index is -0.445. The lowest BCUT2D eigenvalue weighted by Gasteiger charge is -2.30. The molecule has 0 unspecified atom stereocenters. The molecule has 0 bridgehead atoms. The molecule has 0 saturated carbocycles. The van der Waals surface area contributed by atoms with Crippen LogP contribution in [0.25, 0.3) is 0 Å². The van der Waals surface area contributed by atoms with Crippen molar-refractivity contribution in [3.05, 3.63) is 22.8 Å². The zero-order valence-corrected chi connectivity index (χ0v) is 13.8. The van der Waals surface area contributed by atoms with E-state index in [-0.39, 0.29) is 11.8 Å². The average Bonchev–Trinajstić information content (AvgIpc) is 2.38. The van der Waals surface area contributed by atoms with Gasteiger partial charge in [0.1, 0.15) is 0 Å². The van der Waals surface area contributed by atoms with Crippen molar-refractivity contribution in [3.8, 4) is 0 Å². The van der Waals surface area contributed by atoms with Gasteiger partial charge in [0.25, 0.3) is 0 Å². The summed E-state index contributed by atoms with van der Waals surface area (Å²) in [5.41, 5.74) is 4.58. The maximum Gasteiger partial charge on any atom is 0.229 e. The molecule has 21 heavy (non-hydrogen) atoms. The fourth-order valence-corrected chi connectivity index (χ4v) is 2.51. The Morgan fingerprint density at radius 2 is 1.86 bits per heavy atom. The molecule has 0 radical (unpaired) electrons. The van der Waals surface area contributed by atoms with E-state index in [0.29, 0.717) is 12.8 Å². The maximum absolute atomic E-state index is 12.3. The van der Waals surface area contributed by atoms with Gasteiger partial charge >= 0.3 is 0 Å². The van der Waals surface area contributed by atoms with Crippen molar-refractivity contribution in [2.45, 2.75) is 47.5 Å². The van der Waals surface area contributed by atoms with Crippen molar-refractivity contribution in [1.29, 1.82) is 0 Å². The standard InChI is InChI=1S/C17H24N2O2/c1-10-9-13-12(7-8-14(20)19(13)6)15(11(10)2)18-16(21)17(3,4)5/h9H,7-8H2,1-6H3,(H,18,21). The van der Waals surface area contributed by atoms with Gasteiger partial charge in [-0.05, 0) is 37.5 Å². The summed E-state index contributed by atoms with van der Waals surface area (Å²) >= 11 is 0. The summed E-state index contributed by atoms with van der Waals surface area (Å²) in [5.74, 6) is 0.122. The summed E-state index contributed by atoms with van der Waals surface area (Å²) < 4.78 is 0. The fourth-order valence-electron chi connectivity index (χ4n) is 2.51. The van der Waals surface area contributed by atoms with E-state index in [2.05, 4.69) is 5.32 Å². The molecule has 1 aliphatic heterocycles. The van der Waals surface area contributed by atoms with Crippen LogP contribution >= 0.6 is 0 Å². The van der Waals surface area contributed by atoms with Crippen LogP contribution in [-0.4, -0.2) is 18.9 Å². The molecule has 4 heteroatoms. The molecule has 2 rings (SSSR count). The van der Waals surface area contributed by atoms with E-state index < -0.39 is 5.41 Å². The summed E-state index contributed by atoms with van der Waals surface area (Å²) in [7, 11) is 1.80. The molecule has 0 aliphatic carbocycles. The van der Waals surface area contributed by atoms with Gasteiger partial charge in [-0.25, -0.2) is 0 Å². The minimum Gasteiger partial charge on any atom is -0.325 e. The number of amides is 2. The van der Waals surface area contributed by atoms with E-state index in [4.69, 9.17) is 0 Å². The number of carbonyl (C=O) groups is 2. The van der Waals surface area contributed by atoms with Gasteiger partial charge in [0.15, 0.2) is 0 Å². The van der Waals surface area contributed by atoms with Gasteiger partial charge in [-0.1, -0.05) is 20.8 Å². The van der Waals surface area contributed by atoms with Gasteiger partial charge < -0.3 is 10.2 Å². The summed E-state index contributed by atoms with van der Waals surface area (Å²) in [6.07, 6.45) is 1.17. The lowest BCUT2D eigenvalue weighted by molar-refractivity contribution is -0.123. The molecule has 1 aromatic carbocycles. The first-order valence-corrected chi connectivity index (χ1v) is 7.34. The first-order valence-electron chi connectivity index (χ1n) is 7.34. The van der Waals surface area contributed by atoms with Gasteiger partial charge in [-0.2, -0.15) is 0 Å². The highest BCUT2D eigenvalue weighted by molar-refractivity contribution is 6.01. The number of hydrogen-bond acceptors (Lipinski definition) is 2. The smallest absolute Gasteiger partial charge is 0.229 e. The Balaban J connectivity index is 2.53. The molecule has 0 aromatic heterocycles. The number of benzene rings is 1. The number of aryl methyl sites for hydroxylation is 1. The Kier molecular flexibility index (Phi) is 3.83. The number of fused-ring (bicyclic) bond motifs is 1. The normalized spacial score (nSPS) is 15.0. The van der Waals surface area contributed by atoms with Crippen molar-refractivity contribution in [2.75, 3.05) is 17.3 Å². The van der Waals surface area contributed by atoms with Crippen LogP contribution in [0.2, 0.25) is 0 Å². The van der Waals surface area contributed by atoms with Crippen LogP contribution in [-0.2, 0) is 16.0 Å². The predicted octanol–water partition coefficient (Wildman–Crippen LogP) is 3.20. The van der Waals surface area contributed by atoms with Crippen LogP contribution in [0.1, 0.15) is 43.9 Å². The minimum absolute atomic E-state index is 0.00190. The van der Waals surface area contributed by atoms with Crippen LogP contribution < -0.4 is 10.2 Å². The third kappa shape index (κ3) is 2.80. The number of carbonyl (C=O) groups excluding carboxylic acids is 2. The maximum atomic E-state index is 12.3. The molecule has 0 spiro atoms. The van der Waals surface area contributed by atoms with Crippen molar-refractivity contribution >= 4 is 23.2 Å². The Morgan fingerprint density at radius 3 is 2.43 bits per heavy atom. The molecule has 0 fully saturated rings. The van der Waals surface area contributed by atoms with Crippen molar-refractivity contribution < 1.29 is 9.59 Å². The molecule has 114 valence electrons. The molecule has 1 aliphatic rings. The van der Waals surface area contributed by atoms with E-state index in [1.54, 1.807) is 11.9 Å². The molecule has 1 N–H and O–H groups in total. The first kappa shape index (κ1) is 15.5. The van der Waals surface area contributed by atoms with E-state index >= 15 is 0 Å². The first-order chi connectivity index (χ1) is 9.62. The molecule has 4 nitrogen and oxygen atoms in total. The summed E-state index contributed by atoms with van der Waals surface area (Å²) in [6, 6.07) is 2.04. The largest absolute Gasteiger partial charge is 0.325 e. The highest BCUT2D eigenvalue weighted by atomic mass is 16.2. The quantitative estimate of drug-likeness (QED) is 0.862. The number of hydrogen-bond donors (Lipinski definition) is 1. The van der Waals surface area contributed by atoms with Gasteiger partial charge in [-0.3, -0.25) is 9.59 Å². The summed E-state index contributed by atoms with van der Waals surface area (Å²) in [4.78, 5) is 25.9. The second kappa shape index (κ2) is 5.17. The molecule has 0 atom stereocenters. The summed E-state index contributed by atoms with van der Waals surface area (Å²) in [5, 5.41) is 3.08. The Bertz CT molecular complexity index is 612. The van der Waals surface area contributed by atoms with E-state index in [9.17, 15) is 9.59 Å². The second-order valence-electron chi connectivity index (χ2n) is 6.85. The van der Waals surface area contributed by atoms with Crippen LogP contribution in [0.15, 0.2) is 6.07 Å². The molecular weight excluding hydrogens is 264 g/mol. The van der Waals surface area contributed by atoms with Crippen LogP contribution in [0.4, 0.5) is 11.4 Å². The van der Waals surface area contributed by atoms with Crippen molar-refractivity contribution in [2.24, 2.45) is 5.41 Å². The van der Waals surface area contributed by atoms with E-state index in [1.807, 2.05) is 40.7 Å². The van der Waals surface area contributed by atoms with Gasteiger partial charge in [0.2, 0.25) is 11.8 Å². The molecule has 1 aromatic rings. The number of nitrogens with zero attached hydrogens (tertiary/aromatic N) is 1. The average molecular weight is 288 g/mol. The third-order valence-electron chi connectivity index (χ3n) is 4.17. The van der Waals surface area contributed by atoms with Crippen LogP contribution in [0, 0.1) is 19.3 Å². The predicted molar refractivity (Wildman–Crippen MR) is 85.7 cm³/mol. The Labute approximate surface area is 126 Å². The second-order valence-corrected chi connectivity index (χ2v) is 6.85. The zero-order chi connectivity index (χ0) is 15.9. The van der Waals surface area contributed by atoms with Gasteiger partial charge in [0.05, 0.1) is 0 Å². The molecule has 2 amide bonds. The number of nitrogens with one attached hydrogen (secondary N) is 1. The Morgan fingerprint density at radius 1 is 1.24 bits per heavy atom. The topological polar surface area (TPSA) is 49.4 Å². The highest BCUT2D eigenvalue weighted by Gasteiger charge is 2.28. The SMILES string of the molecule is Cc1cc2c(c(NC(=O)C(C)(C)C)c1C)CCC(=O)N2C. The monoisotopic (exact) mass is 288 g/mol. The van der Waals surface area contributed by atoms with Crippen LogP contribution in [0.5, 0.6) is 0 Å². The number of anilines is 2. The fraction of sp³-hybridized carbons (Fsp3) is 0.529. The summed E-state index contributed by atoms with van der Waals surface area (Å²) in [6.45, 7) is 9.72. The lowest BCUT2D eigenvalue weighted by Crippen LogP contribution is -2.33. The van der Waals surface area contributed by atoms with E-state index in [0.717, 1.165) is 28.1 Å². The number of rotatable bonds is 1. The van der Waals surface area contributed by atoms with Crippen molar-refractivity contribution in [3.63, 3.8) is 0 Å². The van der Waals surface area contributed by atoms with Gasteiger partial charge in [-0.15, -0.1) is 0 Å². The molecule has 1 heterocycles.